The van der Waals surface area contributed by atoms with Gasteiger partial charge in [0.15, 0.2) is 5.96 Å². The summed E-state index contributed by atoms with van der Waals surface area (Å²) < 4.78 is 16.7. The maximum Gasteiger partial charge on any atom is 0.193 e. The third kappa shape index (κ3) is 8.17. The van der Waals surface area contributed by atoms with Crippen LogP contribution in [0.1, 0.15) is 44.2 Å². The maximum atomic E-state index is 5.95. The van der Waals surface area contributed by atoms with E-state index in [1.807, 2.05) is 7.05 Å². The average Bonchev–Trinajstić information content (AvgIpc) is 2.71. The van der Waals surface area contributed by atoms with Crippen LogP contribution in [-0.2, 0) is 27.4 Å². The molecule has 6 heteroatoms. The van der Waals surface area contributed by atoms with Gasteiger partial charge in [0, 0.05) is 47.0 Å². The fraction of sp³-hybridized carbons (Fsp3) is 0.682. The third-order valence-electron chi connectivity index (χ3n) is 4.83. The lowest BCUT2D eigenvalue weighted by molar-refractivity contribution is 0.00989. The molecule has 0 amide bonds. The fourth-order valence-corrected chi connectivity index (χ4v) is 3.29. The second kappa shape index (κ2) is 12.8. The first-order valence-electron chi connectivity index (χ1n) is 10.4. The molecule has 1 fully saturated rings. The summed E-state index contributed by atoms with van der Waals surface area (Å²) in [6.45, 7) is 9.01. The standard InChI is InChI=1S/C22H37N3O3/c1-18(2)28-17-20-8-5-7-19(15-20)16-24-22(23-3)25-11-9-21(10-12-25)27-14-6-13-26-4/h5,7-8,15,18,21H,6,9-14,16-17H2,1-4H3,(H,23,24). The minimum absolute atomic E-state index is 0.243. The number of hydrogen-bond donors (Lipinski definition) is 1. The number of methoxy groups -OCH3 is 1. The minimum atomic E-state index is 0.243. The number of guanidine groups is 1. The van der Waals surface area contributed by atoms with Crippen LogP contribution in [0.25, 0.3) is 0 Å². The van der Waals surface area contributed by atoms with Gasteiger partial charge < -0.3 is 24.4 Å². The predicted molar refractivity (Wildman–Crippen MR) is 114 cm³/mol. The van der Waals surface area contributed by atoms with Gasteiger partial charge in [0.05, 0.1) is 18.8 Å². The number of nitrogens with zero attached hydrogens (tertiary/aromatic N) is 2. The van der Waals surface area contributed by atoms with Crippen LogP contribution >= 0.6 is 0 Å². The van der Waals surface area contributed by atoms with Crippen molar-refractivity contribution in [1.29, 1.82) is 0 Å². The molecule has 0 bridgehead atoms. The second-order valence-corrected chi connectivity index (χ2v) is 7.48. The van der Waals surface area contributed by atoms with Crippen LogP contribution < -0.4 is 5.32 Å². The number of aliphatic imine (C=N–C) groups is 1. The Morgan fingerprint density at radius 1 is 1.21 bits per heavy atom. The monoisotopic (exact) mass is 391 g/mol. The van der Waals surface area contributed by atoms with E-state index in [9.17, 15) is 0 Å². The van der Waals surface area contributed by atoms with Gasteiger partial charge in [-0.1, -0.05) is 24.3 Å². The van der Waals surface area contributed by atoms with Crippen LogP contribution in [0.3, 0.4) is 0 Å². The van der Waals surface area contributed by atoms with Gasteiger partial charge in [-0.2, -0.15) is 0 Å². The normalized spacial score (nSPS) is 16.0. The molecule has 28 heavy (non-hydrogen) atoms. The van der Waals surface area contributed by atoms with Gasteiger partial charge in [-0.05, 0) is 44.2 Å². The molecular formula is C22H37N3O3. The Balaban J connectivity index is 1.75. The lowest BCUT2D eigenvalue weighted by Crippen LogP contribution is -2.46. The van der Waals surface area contributed by atoms with Gasteiger partial charge in [-0.15, -0.1) is 0 Å². The number of ether oxygens (including phenoxy) is 3. The van der Waals surface area contributed by atoms with Crippen molar-refractivity contribution in [2.75, 3.05) is 40.5 Å². The predicted octanol–water partition coefficient (Wildman–Crippen LogP) is 3.20. The molecular weight excluding hydrogens is 354 g/mol. The van der Waals surface area contributed by atoms with Gasteiger partial charge in [0.25, 0.3) is 0 Å². The second-order valence-electron chi connectivity index (χ2n) is 7.48. The Bertz CT molecular complexity index is 584. The van der Waals surface area contributed by atoms with Gasteiger partial charge in [-0.3, -0.25) is 4.99 Å². The van der Waals surface area contributed by atoms with E-state index in [0.717, 1.165) is 58.1 Å². The number of piperidine rings is 1. The molecule has 1 aliphatic heterocycles. The van der Waals surface area contributed by atoms with Gasteiger partial charge >= 0.3 is 0 Å². The highest BCUT2D eigenvalue weighted by molar-refractivity contribution is 5.79. The number of likely N-dealkylation sites (tertiary alicyclic amines) is 1. The van der Waals surface area contributed by atoms with Crippen LogP contribution in [-0.4, -0.2) is 63.5 Å². The Labute approximate surface area is 170 Å². The van der Waals surface area contributed by atoms with E-state index < -0.39 is 0 Å². The van der Waals surface area contributed by atoms with Crippen LogP contribution in [0.5, 0.6) is 0 Å². The first-order valence-corrected chi connectivity index (χ1v) is 10.4. The summed E-state index contributed by atoms with van der Waals surface area (Å²) in [7, 11) is 3.58. The number of benzene rings is 1. The molecule has 2 rings (SSSR count). The summed E-state index contributed by atoms with van der Waals surface area (Å²) in [5.41, 5.74) is 2.44. The zero-order chi connectivity index (χ0) is 20.2. The Kier molecular flexibility index (Phi) is 10.3. The molecule has 1 heterocycles. The average molecular weight is 392 g/mol. The van der Waals surface area contributed by atoms with E-state index in [2.05, 4.69) is 53.3 Å². The van der Waals surface area contributed by atoms with Gasteiger partial charge in [0.1, 0.15) is 0 Å². The van der Waals surface area contributed by atoms with Crippen LogP contribution in [0.2, 0.25) is 0 Å². The quantitative estimate of drug-likeness (QED) is 0.377. The Morgan fingerprint density at radius 3 is 2.64 bits per heavy atom. The third-order valence-corrected chi connectivity index (χ3v) is 4.83. The van der Waals surface area contributed by atoms with Gasteiger partial charge in [-0.25, -0.2) is 0 Å². The van der Waals surface area contributed by atoms with Crippen molar-refractivity contribution >= 4 is 5.96 Å². The highest BCUT2D eigenvalue weighted by atomic mass is 16.5. The van der Waals surface area contributed by atoms with E-state index in [1.165, 1.54) is 11.1 Å². The van der Waals surface area contributed by atoms with E-state index in [0.29, 0.717) is 12.7 Å². The summed E-state index contributed by atoms with van der Waals surface area (Å²) in [6, 6.07) is 8.53. The first kappa shape index (κ1) is 22.7. The van der Waals surface area contributed by atoms with E-state index in [1.54, 1.807) is 7.11 Å². The molecule has 1 aromatic rings. The van der Waals surface area contributed by atoms with Crippen molar-refractivity contribution < 1.29 is 14.2 Å². The van der Waals surface area contributed by atoms with Crippen molar-refractivity contribution in [1.82, 2.24) is 10.2 Å². The van der Waals surface area contributed by atoms with Crippen molar-refractivity contribution in [2.45, 2.75) is 58.5 Å². The lowest BCUT2D eigenvalue weighted by atomic mass is 10.1. The highest BCUT2D eigenvalue weighted by Crippen LogP contribution is 2.14. The Morgan fingerprint density at radius 2 is 1.96 bits per heavy atom. The summed E-state index contributed by atoms with van der Waals surface area (Å²) in [4.78, 5) is 6.79. The SMILES string of the molecule is CN=C(NCc1cccc(COC(C)C)c1)N1CCC(OCCCOC)CC1. The molecule has 158 valence electrons. The summed E-state index contributed by atoms with van der Waals surface area (Å²) in [5.74, 6) is 0.960. The molecule has 0 atom stereocenters. The van der Waals surface area contributed by atoms with E-state index in [-0.39, 0.29) is 6.10 Å². The number of nitrogens with one attached hydrogen (secondary N) is 1. The van der Waals surface area contributed by atoms with Crippen molar-refractivity contribution in [3.63, 3.8) is 0 Å². The zero-order valence-electron chi connectivity index (χ0n) is 17.9. The van der Waals surface area contributed by atoms with E-state index >= 15 is 0 Å². The maximum absolute atomic E-state index is 5.95. The van der Waals surface area contributed by atoms with Gasteiger partial charge in [0.2, 0.25) is 0 Å². The fourth-order valence-electron chi connectivity index (χ4n) is 3.29. The van der Waals surface area contributed by atoms with E-state index in [4.69, 9.17) is 14.2 Å². The topological polar surface area (TPSA) is 55.3 Å². The molecule has 0 aliphatic carbocycles. The molecule has 1 aliphatic rings. The van der Waals surface area contributed by atoms with Crippen molar-refractivity contribution in [3.05, 3.63) is 35.4 Å². The number of hydrogen-bond acceptors (Lipinski definition) is 4. The van der Waals surface area contributed by atoms with Crippen LogP contribution in [0.4, 0.5) is 0 Å². The summed E-state index contributed by atoms with van der Waals surface area (Å²) in [5, 5.41) is 3.50. The van der Waals surface area contributed by atoms with Crippen molar-refractivity contribution in [3.8, 4) is 0 Å². The minimum Gasteiger partial charge on any atom is -0.385 e. The number of rotatable bonds is 10. The molecule has 0 unspecified atom stereocenters. The van der Waals surface area contributed by atoms with Crippen LogP contribution in [0, 0.1) is 0 Å². The smallest absolute Gasteiger partial charge is 0.193 e. The highest BCUT2D eigenvalue weighted by Gasteiger charge is 2.21. The molecule has 1 aromatic carbocycles. The molecule has 0 aromatic heterocycles. The zero-order valence-corrected chi connectivity index (χ0v) is 17.9. The molecule has 0 radical (unpaired) electrons. The molecule has 0 spiro atoms. The lowest BCUT2D eigenvalue weighted by Gasteiger charge is -2.34. The molecule has 0 saturated carbocycles. The molecule has 1 N–H and O–H groups in total. The Hall–Kier alpha value is -1.63. The van der Waals surface area contributed by atoms with Crippen molar-refractivity contribution in [2.24, 2.45) is 4.99 Å². The first-order chi connectivity index (χ1) is 13.6. The largest absolute Gasteiger partial charge is 0.385 e. The summed E-state index contributed by atoms with van der Waals surface area (Å²) >= 11 is 0. The van der Waals surface area contributed by atoms with Crippen LogP contribution in [0.15, 0.2) is 29.3 Å². The molecule has 1 saturated heterocycles. The molecule has 6 nitrogen and oxygen atoms in total. The summed E-state index contributed by atoms with van der Waals surface area (Å²) in [6.07, 6.45) is 3.63.